The zero-order valence-electron chi connectivity index (χ0n) is 16.2. The molecule has 3 rings (SSSR count). The molecule has 29 heavy (non-hydrogen) atoms. The fourth-order valence-corrected chi connectivity index (χ4v) is 4.18. The molecule has 0 fully saturated rings. The molecule has 3 aromatic carbocycles. The second kappa shape index (κ2) is 8.79. The molecule has 0 saturated heterocycles. The number of sulfonamides is 1. The number of carbonyl (C=O) groups excluding carboxylic acids is 1. The number of methoxy groups -OCH3 is 1. The van der Waals surface area contributed by atoms with Crippen molar-refractivity contribution in [1.29, 1.82) is 0 Å². The number of benzene rings is 3. The van der Waals surface area contributed by atoms with Gasteiger partial charge < -0.3 is 10.1 Å². The molecule has 150 valence electrons. The van der Waals surface area contributed by atoms with Crippen molar-refractivity contribution >= 4 is 27.3 Å². The Hall–Kier alpha value is -3.32. The summed E-state index contributed by atoms with van der Waals surface area (Å²) in [5, 5.41) is 2.73. The van der Waals surface area contributed by atoms with Crippen molar-refractivity contribution in [1.82, 2.24) is 0 Å². The maximum atomic E-state index is 13.3. The summed E-state index contributed by atoms with van der Waals surface area (Å²) in [6.07, 6.45) is 0. The van der Waals surface area contributed by atoms with Crippen LogP contribution in [-0.2, 0) is 14.8 Å². The van der Waals surface area contributed by atoms with E-state index in [1.807, 2.05) is 13.0 Å². The molecule has 0 heterocycles. The number of ether oxygens (including phenoxy) is 1. The van der Waals surface area contributed by atoms with E-state index in [1.54, 1.807) is 60.7 Å². The fraction of sp³-hybridized carbons (Fsp3) is 0.136. The summed E-state index contributed by atoms with van der Waals surface area (Å²) in [6, 6.07) is 22.0. The first-order chi connectivity index (χ1) is 13.9. The monoisotopic (exact) mass is 410 g/mol. The quantitative estimate of drug-likeness (QED) is 0.642. The lowest BCUT2D eigenvalue weighted by atomic mass is 10.2. The molecule has 6 nitrogen and oxygen atoms in total. The van der Waals surface area contributed by atoms with Crippen LogP contribution in [0.3, 0.4) is 0 Å². The van der Waals surface area contributed by atoms with Gasteiger partial charge >= 0.3 is 0 Å². The molecule has 0 radical (unpaired) electrons. The molecule has 1 amide bonds. The number of hydrogen-bond donors (Lipinski definition) is 1. The molecule has 0 atom stereocenters. The second-order valence-corrected chi connectivity index (χ2v) is 8.30. The summed E-state index contributed by atoms with van der Waals surface area (Å²) >= 11 is 0. The molecular formula is C22H22N2O4S. The van der Waals surface area contributed by atoms with Gasteiger partial charge in [0.15, 0.2) is 0 Å². The minimum absolute atomic E-state index is 0.110. The molecule has 1 N–H and O–H groups in total. The SMILES string of the molecule is COc1cccc(N(CC(=O)Nc2ccccc2)S(=O)(=O)c2ccc(C)cc2)c1. The van der Waals surface area contributed by atoms with Crippen LogP contribution in [0.15, 0.2) is 83.8 Å². The highest BCUT2D eigenvalue weighted by atomic mass is 32.2. The Morgan fingerprint density at radius 1 is 0.966 bits per heavy atom. The van der Waals surface area contributed by atoms with E-state index in [1.165, 1.54) is 19.2 Å². The Labute approximate surface area is 170 Å². The Kier molecular flexibility index (Phi) is 6.19. The van der Waals surface area contributed by atoms with E-state index in [4.69, 9.17) is 4.74 Å². The Bertz CT molecular complexity index is 1080. The standard InChI is InChI=1S/C22H22N2O4S/c1-17-11-13-21(14-12-17)29(26,27)24(19-9-6-10-20(15-19)28-2)16-22(25)23-18-7-4-3-5-8-18/h3-15H,16H2,1-2H3,(H,23,25). The van der Waals surface area contributed by atoms with Crippen molar-refractivity contribution in [2.24, 2.45) is 0 Å². The van der Waals surface area contributed by atoms with Crippen LogP contribution in [0.5, 0.6) is 5.75 Å². The number of para-hydroxylation sites is 1. The van der Waals surface area contributed by atoms with Crippen LogP contribution in [0, 0.1) is 6.92 Å². The Morgan fingerprint density at radius 3 is 2.31 bits per heavy atom. The van der Waals surface area contributed by atoms with E-state index in [0.29, 0.717) is 17.1 Å². The molecular weight excluding hydrogens is 388 g/mol. The van der Waals surface area contributed by atoms with Crippen molar-refractivity contribution in [2.75, 3.05) is 23.3 Å². The molecule has 0 unspecified atom stereocenters. The molecule has 3 aromatic rings. The summed E-state index contributed by atoms with van der Waals surface area (Å²) in [7, 11) is -2.47. The van der Waals surface area contributed by atoms with Gasteiger partial charge in [0, 0.05) is 11.8 Å². The van der Waals surface area contributed by atoms with Crippen molar-refractivity contribution in [2.45, 2.75) is 11.8 Å². The zero-order valence-corrected chi connectivity index (χ0v) is 17.0. The lowest BCUT2D eigenvalue weighted by Crippen LogP contribution is -2.38. The number of amides is 1. The molecule has 0 spiro atoms. The molecule has 0 aliphatic heterocycles. The number of anilines is 2. The maximum absolute atomic E-state index is 13.3. The van der Waals surface area contributed by atoms with Gasteiger partial charge in [-0.15, -0.1) is 0 Å². The smallest absolute Gasteiger partial charge is 0.264 e. The van der Waals surface area contributed by atoms with Crippen molar-refractivity contribution in [3.63, 3.8) is 0 Å². The van der Waals surface area contributed by atoms with Crippen LogP contribution < -0.4 is 14.4 Å². The topological polar surface area (TPSA) is 75.7 Å². The van der Waals surface area contributed by atoms with Crippen LogP contribution in [0.2, 0.25) is 0 Å². The third-order valence-electron chi connectivity index (χ3n) is 4.30. The van der Waals surface area contributed by atoms with Crippen molar-refractivity contribution in [3.05, 3.63) is 84.4 Å². The largest absolute Gasteiger partial charge is 0.497 e. The van der Waals surface area contributed by atoms with Crippen LogP contribution in [0.25, 0.3) is 0 Å². The number of carbonyl (C=O) groups is 1. The van der Waals surface area contributed by atoms with Crippen molar-refractivity contribution < 1.29 is 17.9 Å². The van der Waals surface area contributed by atoms with Gasteiger partial charge in [0.05, 0.1) is 17.7 Å². The predicted octanol–water partition coefficient (Wildman–Crippen LogP) is 3.84. The minimum atomic E-state index is -3.97. The lowest BCUT2D eigenvalue weighted by Gasteiger charge is -2.24. The third kappa shape index (κ3) is 4.94. The first-order valence-corrected chi connectivity index (χ1v) is 10.4. The zero-order chi connectivity index (χ0) is 20.9. The van der Waals surface area contributed by atoms with Gasteiger partial charge in [-0.3, -0.25) is 9.10 Å². The van der Waals surface area contributed by atoms with Gasteiger partial charge in [0.2, 0.25) is 5.91 Å². The van der Waals surface area contributed by atoms with Crippen LogP contribution in [0.4, 0.5) is 11.4 Å². The predicted molar refractivity (Wildman–Crippen MR) is 114 cm³/mol. The average molecular weight is 410 g/mol. The van der Waals surface area contributed by atoms with E-state index in [0.717, 1.165) is 9.87 Å². The van der Waals surface area contributed by atoms with E-state index in [-0.39, 0.29) is 11.4 Å². The molecule has 0 aromatic heterocycles. The van der Waals surface area contributed by atoms with Crippen LogP contribution >= 0.6 is 0 Å². The van der Waals surface area contributed by atoms with Gasteiger partial charge in [-0.2, -0.15) is 0 Å². The van der Waals surface area contributed by atoms with Gasteiger partial charge in [0.25, 0.3) is 10.0 Å². The number of nitrogens with zero attached hydrogens (tertiary/aromatic N) is 1. The van der Waals surface area contributed by atoms with Gasteiger partial charge in [-0.05, 0) is 43.3 Å². The number of aryl methyl sites for hydroxylation is 1. The normalized spacial score (nSPS) is 11.0. The summed E-state index contributed by atoms with van der Waals surface area (Å²) in [4.78, 5) is 12.7. The summed E-state index contributed by atoms with van der Waals surface area (Å²) < 4.78 is 33.0. The van der Waals surface area contributed by atoms with Gasteiger partial charge in [0.1, 0.15) is 12.3 Å². The summed E-state index contributed by atoms with van der Waals surface area (Å²) in [5.74, 6) is 0.0461. The van der Waals surface area contributed by atoms with Crippen LogP contribution in [0.1, 0.15) is 5.56 Å². The van der Waals surface area contributed by atoms with Gasteiger partial charge in [-0.1, -0.05) is 42.0 Å². The highest BCUT2D eigenvalue weighted by Gasteiger charge is 2.27. The highest BCUT2D eigenvalue weighted by Crippen LogP contribution is 2.27. The first-order valence-electron chi connectivity index (χ1n) is 8.98. The second-order valence-electron chi connectivity index (χ2n) is 6.44. The molecule has 0 aliphatic carbocycles. The Morgan fingerprint density at radius 2 is 1.66 bits per heavy atom. The van der Waals surface area contributed by atoms with Crippen molar-refractivity contribution in [3.8, 4) is 5.75 Å². The molecule has 0 bridgehead atoms. The molecule has 0 saturated carbocycles. The number of nitrogens with one attached hydrogen (secondary N) is 1. The van der Waals surface area contributed by atoms with E-state index in [2.05, 4.69) is 5.32 Å². The minimum Gasteiger partial charge on any atom is -0.497 e. The molecule has 7 heteroatoms. The maximum Gasteiger partial charge on any atom is 0.264 e. The van der Waals surface area contributed by atoms with Crippen LogP contribution in [-0.4, -0.2) is 28.0 Å². The number of hydrogen-bond acceptors (Lipinski definition) is 4. The summed E-state index contributed by atoms with van der Waals surface area (Å²) in [6.45, 7) is 1.50. The average Bonchev–Trinajstić information content (AvgIpc) is 2.73. The summed E-state index contributed by atoms with van der Waals surface area (Å²) in [5.41, 5.74) is 1.88. The van der Waals surface area contributed by atoms with E-state index < -0.39 is 15.9 Å². The number of rotatable bonds is 7. The van der Waals surface area contributed by atoms with E-state index in [9.17, 15) is 13.2 Å². The third-order valence-corrected chi connectivity index (χ3v) is 6.08. The Balaban J connectivity index is 1.97. The lowest BCUT2D eigenvalue weighted by molar-refractivity contribution is -0.114. The highest BCUT2D eigenvalue weighted by molar-refractivity contribution is 7.92. The first kappa shape index (κ1) is 20.4. The molecule has 0 aliphatic rings. The van der Waals surface area contributed by atoms with E-state index >= 15 is 0 Å². The fourth-order valence-electron chi connectivity index (χ4n) is 2.77. The van der Waals surface area contributed by atoms with Gasteiger partial charge in [-0.25, -0.2) is 8.42 Å².